The van der Waals surface area contributed by atoms with Crippen molar-refractivity contribution in [2.75, 3.05) is 0 Å². The Labute approximate surface area is 152 Å². The maximum Gasteiger partial charge on any atom is 0.326 e. The fourth-order valence-corrected chi connectivity index (χ4v) is 3.43. The average molecular weight is 344 g/mol. The van der Waals surface area contributed by atoms with Gasteiger partial charge in [0.1, 0.15) is 18.5 Å². The van der Waals surface area contributed by atoms with Crippen LogP contribution in [0, 0.1) is 6.92 Å². The number of carbonyl (C=O) groups is 1. The molecule has 4 rings (SSSR count). The van der Waals surface area contributed by atoms with Gasteiger partial charge in [0.2, 0.25) is 0 Å². The molecule has 1 atom stereocenters. The van der Waals surface area contributed by atoms with E-state index in [1.54, 1.807) is 0 Å². The average Bonchev–Trinajstić information content (AvgIpc) is 2.96. The lowest BCUT2D eigenvalue weighted by Gasteiger charge is -2.16. The summed E-state index contributed by atoms with van der Waals surface area (Å²) in [5.41, 5.74) is 2.85. The fourth-order valence-electron chi connectivity index (χ4n) is 3.43. The van der Waals surface area contributed by atoms with Gasteiger partial charge in [-0.3, -0.25) is 4.79 Å². The summed E-state index contributed by atoms with van der Waals surface area (Å²) in [5, 5.41) is 2.25. The molecule has 26 heavy (non-hydrogen) atoms. The van der Waals surface area contributed by atoms with Crippen LogP contribution in [0.15, 0.2) is 66.7 Å². The number of hydrogen-bond acceptors (Lipinski definition) is 3. The van der Waals surface area contributed by atoms with Crippen LogP contribution in [-0.2, 0) is 16.1 Å². The van der Waals surface area contributed by atoms with Crippen molar-refractivity contribution in [1.29, 1.82) is 0 Å². The Morgan fingerprint density at radius 2 is 1.77 bits per heavy atom. The standard InChI is InChI=1S/C22H20N2O2/c1-15(18-11-7-9-17-8-3-4-10-19(17)18)26-22(25)14-24-16(2)23-20-12-5-6-13-21(20)24/h3-13,15H,14H2,1-2H3/t15-/m1/s1. The second-order valence-corrected chi connectivity index (χ2v) is 6.43. The van der Waals surface area contributed by atoms with E-state index >= 15 is 0 Å². The van der Waals surface area contributed by atoms with Crippen LogP contribution in [0.1, 0.15) is 24.4 Å². The minimum absolute atomic E-state index is 0.154. The molecule has 1 heterocycles. The highest BCUT2D eigenvalue weighted by atomic mass is 16.5. The van der Waals surface area contributed by atoms with Gasteiger partial charge in [-0.25, -0.2) is 4.98 Å². The number of fused-ring (bicyclic) bond motifs is 2. The van der Waals surface area contributed by atoms with Crippen LogP contribution in [0.3, 0.4) is 0 Å². The van der Waals surface area contributed by atoms with Gasteiger partial charge in [-0.15, -0.1) is 0 Å². The Balaban J connectivity index is 1.57. The first kappa shape index (κ1) is 16.3. The van der Waals surface area contributed by atoms with Crippen molar-refractivity contribution in [3.05, 3.63) is 78.1 Å². The number of benzene rings is 3. The number of aryl methyl sites for hydroxylation is 1. The lowest BCUT2D eigenvalue weighted by atomic mass is 10.0. The van der Waals surface area contributed by atoms with E-state index < -0.39 is 0 Å². The molecule has 4 nitrogen and oxygen atoms in total. The van der Waals surface area contributed by atoms with Crippen LogP contribution in [0.4, 0.5) is 0 Å². The molecule has 4 heteroatoms. The number of imidazole rings is 1. The zero-order valence-electron chi connectivity index (χ0n) is 14.8. The molecule has 0 aliphatic heterocycles. The molecular formula is C22H20N2O2. The molecule has 130 valence electrons. The summed E-state index contributed by atoms with van der Waals surface area (Å²) in [6.07, 6.45) is -0.316. The number of para-hydroxylation sites is 2. The van der Waals surface area contributed by atoms with Gasteiger partial charge in [0.15, 0.2) is 0 Å². The maximum absolute atomic E-state index is 12.6. The summed E-state index contributed by atoms with van der Waals surface area (Å²) >= 11 is 0. The molecule has 3 aromatic carbocycles. The highest BCUT2D eigenvalue weighted by Crippen LogP contribution is 2.26. The van der Waals surface area contributed by atoms with E-state index in [1.165, 1.54) is 0 Å². The van der Waals surface area contributed by atoms with E-state index in [2.05, 4.69) is 23.2 Å². The fraction of sp³-hybridized carbons (Fsp3) is 0.182. The second-order valence-electron chi connectivity index (χ2n) is 6.43. The minimum Gasteiger partial charge on any atom is -0.456 e. The van der Waals surface area contributed by atoms with E-state index in [0.29, 0.717) is 0 Å². The number of aromatic nitrogens is 2. The van der Waals surface area contributed by atoms with Gasteiger partial charge < -0.3 is 9.30 Å². The van der Waals surface area contributed by atoms with Crippen molar-refractivity contribution < 1.29 is 9.53 Å². The lowest BCUT2D eigenvalue weighted by Crippen LogP contribution is -2.16. The summed E-state index contributed by atoms with van der Waals surface area (Å²) in [6.45, 7) is 3.97. The molecule has 0 radical (unpaired) electrons. The summed E-state index contributed by atoms with van der Waals surface area (Å²) < 4.78 is 7.63. The first-order valence-corrected chi connectivity index (χ1v) is 8.72. The molecule has 1 aromatic heterocycles. The summed E-state index contributed by atoms with van der Waals surface area (Å²) in [7, 11) is 0. The Morgan fingerprint density at radius 1 is 1.04 bits per heavy atom. The van der Waals surface area contributed by atoms with Crippen molar-refractivity contribution in [3.8, 4) is 0 Å². The van der Waals surface area contributed by atoms with E-state index in [0.717, 1.165) is 33.2 Å². The zero-order valence-corrected chi connectivity index (χ0v) is 14.8. The topological polar surface area (TPSA) is 44.1 Å². The molecule has 0 N–H and O–H groups in total. The molecule has 0 fully saturated rings. The molecule has 4 aromatic rings. The Bertz CT molecular complexity index is 1090. The van der Waals surface area contributed by atoms with E-state index in [4.69, 9.17) is 4.74 Å². The number of hydrogen-bond donors (Lipinski definition) is 0. The molecule has 0 amide bonds. The molecule has 0 aliphatic carbocycles. The normalized spacial score (nSPS) is 12.4. The van der Waals surface area contributed by atoms with Gasteiger partial charge in [-0.2, -0.15) is 0 Å². The first-order valence-electron chi connectivity index (χ1n) is 8.72. The molecular weight excluding hydrogens is 324 g/mol. The molecule has 0 spiro atoms. The van der Waals surface area contributed by atoms with E-state index in [1.807, 2.05) is 66.9 Å². The van der Waals surface area contributed by atoms with Gasteiger partial charge in [0, 0.05) is 0 Å². The van der Waals surface area contributed by atoms with Crippen molar-refractivity contribution in [3.63, 3.8) is 0 Å². The molecule has 0 saturated carbocycles. The highest BCUT2D eigenvalue weighted by Gasteiger charge is 2.16. The van der Waals surface area contributed by atoms with Crippen molar-refractivity contribution >= 4 is 27.8 Å². The third-order valence-electron chi connectivity index (χ3n) is 4.70. The minimum atomic E-state index is -0.316. The smallest absolute Gasteiger partial charge is 0.326 e. The van der Waals surface area contributed by atoms with Crippen LogP contribution < -0.4 is 0 Å². The first-order chi connectivity index (χ1) is 12.6. The number of esters is 1. The predicted octanol–water partition coefficient (Wildman–Crippen LogP) is 4.80. The number of nitrogens with zero attached hydrogens (tertiary/aromatic N) is 2. The summed E-state index contributed by atoms with van der Waals surface area (Å²) in [5.74, 6) is 0.539. The molecule has 0 aliphatic rings. The lowest BCUT2D eigenvalue weighted by molar-refractivity contribution is -0.149. The SMILES string of the molecule is Cc1nc2ccccc2n1CC(=O)O[C@H](C)c1cccc2ccccc12. The quantitative estimate of drug-likeness (QED) is 0.499. The van der Waals surface area contributed by atoms with Crippen molar-refractivity contribution in [2.45, 2.75) is 26.5 Å². The van der Waals surface area contributed by atoms with E-state index in [9.17, 15) is 4.79 Å². The third-order valence-corrected chi connectivity index (χ3v) is 4.70. The van der Waals surface area contributed by atoms with E-state index in [-0.39, 0.29) is 18.6 Å². The monoisotopic (exact) mass is 344 g/mol. The van der Waals surface area contributed by atoms with Gasteiger partial charge in [0.05, 0.1) is 11.0 Å². The molecule has 0 unspecified atom stereocenters. The van der Waals surface area contributed by atoms with Crippen LogP contribution >= 0.6 is 0 Å². The zero-order chi connectivity index (χ0) is 18.1. The van der Waals surface area contributed by atoms with Gasteiger partial charge in [-0.1, -0.05) is 54.6 Å². The Morgan fingerprint density at radius 3 is 2.65 bits per heavy atom. The second kappa shape index (κ2) is 6.64. The molecule has 0 saturated heterocycles. The Hall–Kier alpha value is -3.14. The number of rotatable bonds is 4. The largest absolute Gasteiger partial charge is 0.456 e. The van der Waals surface area contributed by atoms with Crippen LogP contribution in [0.2, 0.25) is 0 Å². The third kappa shape index (κ3) is 2.94. The summed E-state index contributed by atoms with van der Waals surface area (Å²) in [6, 6.07) is 22.0. The van der Waals surface area contributed by atoms with Gasteiger partial charge >= 0.3 is 5.97 Å². The van der Waals surface area contributed by atoms with Crippen LogP contribution in [0.5, 0.6) is 0 Å². The van der Waals surface area contributed by atoms with Gasteiger partial charge in [-0.05, 0) is 42.3 Å². The predicted molar refractivity (Wildman–Crippen MR) is 103 cm³/mol. The van der Waals surface area contributed by atoms with Crippen molar-refractivity contribution in [2.24, 2.45) is 0 Å². The summed E-state index contributed by atoms with van der Waals surface area (Å²) in [4.78, 5) is 17.1. The van der Waals surface area contributed by atoms with Crippen LogP contribution in [0.25, 0.3) is 21.8 Å². The maximum atomic E-state index is 12.6. The number of carbonyl (C=O) groups excluding carboxylic acids is 1. The Kier molecular flexibility index (Phi) is 4.17. The molecule has 0 bridgehead atoms. The van der Waals surface area contributed by atoms with Crippen LogP contribution in [-0.4, -0.2) is 15.5 Å². The highest BCUT2D eigenvalue weighted by molar-refractivity contribution is 5.86. The number of ether oxygens (including phenoxy) is 1. The van der Waals surface area contributed by atoms with Crippen molar-refractivity contribution in [1.82, 2.24) is 9.55 Å². The van der Waals surface area contributed by atoms with Gasteiger partial charge in [0.25, 0.3) is 0 Å².